The maximum atomic E-state index is 13.5. The summed E-state index contributed by atoms with van der Waals surface area (Å²) in [6, 6.07) is 5.04. The van der Waals surface area contributed by atoms with Crippen molar-refractivity contribution in [2.45, 2.75) is 19.6 Å². The molecule has 0 aliphatic carbocycles. The molecule has 4 rings (SSSR count). The van der Waals surface area contributed by atoms with E-state index in [0.29, 0.717) is 22.2 Å². The molecular formula is C19H16F3N3O. The van der Waals surface area contributed by atoms with Gasteiger partial charge in [0, 0.05) is 24.0 Å². The van der Waals surface area contributed by atoms with Crippen molar-refractivity contribution in [3.8, 4) is 11.1 Å². The Balaban J connectivity index is 1.71. The summed E-state index contributed by atoms with van der Waals surface area (Å²) in [6.45, 7) is 2.20. The molecule has 26 heavy (non-hydrogen) atoms. The van der Waals surface area contributed by atoms with Gasteiger partial charge in [-0.05, 0) is 36.2 Å². The van der Waals surface area contributed by atoms with Crippen LogP contribution in [0.3, 0.4) is 0 Å². The number of halogens is 3. The number of likely N-dealkylation sites (tertiary alicyclic amines) is 1. The third kappa shape index (κ3) is 2.94. The number of fused-ring (bicyclic) bond motifs is 1. The first kappa shape index (κ1) is 16.6. The van der Waals surface area contributed by atoms with E-state index in [2.05, 4.69) is 4.98 Å². The zero-order valence-electron chi connectivity index (χ0n) is 14.0. The van der Waals surface area contributed by atoms with Gasteiger partial charge in [-0.1, -0.05) is 0 Å². The van der Waals surface area contributed by atoms with Crippen LogP contribution in [0.5, 0.6) is 0 Å². The predicted octanol–water partition coefficient (Wildman–Crippen LogP) is 3.47. The Kier molecular flexibility index (Phi) is 3.94. The smallest absolute Gasteiger partial charge is 0.242 e. The second kappa shape index (κ2) is 6.16. The topological polar surface area (TPSA) is 38.1 Å². The van der Waals surface area contributed by atoms with Crippen molar-refractivity contribution >= 4 is 16.9 Å². The first-order chi connectivity index (χ1) is 12.4. The van der Waals surface area contributed by atoms with Crippen LogP contribution in [0.15, 0.2) is 36.7 Å². The van der Waals surface area contributed by atoms with Crippen molar-refractivity contribution in [2.24, 2.45) is 0 Å². The number of aryl methyl sites for hydroxylation is 1. The molecule has 0 atom stereocenters. The molecule has 1 aliphatic heterocycles. The van der Waals surface area contributed by atoms with Crippen LogP contribution >= 0.6 is 0 Å². The van der Waals surface area contributed by atoms with E-state index in [0.717, 1.165) is 11.6 Å². The van der Waals surface area contributed by atoms with Crippen LogP contribution in [0.1, 0.15) is 5.56 Å². The van der Waals surface area contributed by atoms with Gasteiger partial charge in [-0.2, -0.15) is 0 Å². The highest BCUT2D eigenvalue weighted by molar-refractivity contribution is 5.86. The van der Waals surface area contributed by atoms with Crippen LogP contribution in [0.4, 0.5) is 13.2 Å². The van der Waals surface area contributed by atoms with Gasteiger partial charge in [0.1, 0.15) is 24.4 Å². The molecule has 1 fully saturated rings. The lowest BCUT2D eigenvalue weighted by Gasteiger charge is -2.34. The van der Waals surface area contributed by atoms with Gasteiger partial charge in [0.05, 0.1) is 24.1 Å². The van der Waals surface area contributed by atoms with E-state index in [1.54, 1.807) is 23.0 Å². The van der Waals surface area contributed by atoms with Gasteiger partial charge in [-0.25, -0.2) is 13.2 Å². The van der Waals surface area contributed by atoms with Gasteiger partial charge in [0.25, 0.3) is 0 Å². The molecule has 1 aromatic carbocycles. The van der Waals surface area contributed by atoms with Crippen LogP contribution in [-0.4, -0.2) is 39.6 Å². The second-order valence-corrected chi connectivity index (χ2v) is 6.59. The van der Waals surface area contributed by atoms with E-state index in [-0.39, 0.29) is 25.5 Å². The minimum Gasteiger partial charge on any atom is -0.336 e. The Hall–Kier alpha value is -2.83. The van der Waals surface area contributed by atoms with Crippen LogP contribution in [0, 0.1) is 18.6 Å². The normalized spacial score (nSPS) is 14.7. The summed E-state index contributed by atoms with van der Waals surface area (Å²) < 4.78 is 41.7. The number of amides is 1. The minimum absolute atomic E-state index is 0.0692. The number of nitrogens with zero attached hydrogens (tertiary/aromatic N) is 3. The van der Waals surface area contributed by atoms with Gasteiger partial charge >= 0.3 is 0 Å². The van der Waals surface area contributed by atoms with Crippen molar-refractivity contribution in [1.29, 1.82) is 0 Å². The summed E-state index contributed by atoms with van der Waals surface area (Å²) in [4.78, 5) is 18.1. The molecule has 2 aromatic heterocycles. The van der Waals surface area contributed by atoms with Gasteiger partial charge in [0.15, 0.2) is 0 Å². The minimum atomic E-state index is -0.946. The summed E-state index contributed by atoms with van der Waals surface area (Å²) in [7, 11) is 0. The van der Waals surface area contributed by atoms with Crippen molar-refractivity contribution < 1.29 is 18.0 Å². The molecule has 4 nitrogen and oxygen atoms in total. The Bertz CT molecular complexity index is 988. The summed E-state index contributed by atoms with van der Waals surface area (Å²) >= 11 is 0. The maximum Gasteiger partial charge on any atom is 0.242 e. The van der Waals surface area contributed by atoms with Gasteiger partial charge in [0.2, 0.25) is 5.91 Å². The fraction of sp³-hybridized carbons (Fsp3) is 0.263. The maximum absolute atomic E-state index is 13.5. The van der Waals surface area contributed by atoms with E-state index < -0.39 is 17.8 Å². The molecule has 3 aromatic rings. The first-order valence-corrected chi connectivity index (χ1v) is 8.24. The van der Waals surface area contributed by atoms with E-state index in [1.807, 2.05) is 6.92 Å². The Morgan fingerprint density at radius 3 is 2.50 bits per heavy atom. The number of pyridine rings is 1. The Morgan fingerprint density at radius 1 is 1.15 bits per heavy atom. The van der Waals surface area contributed by atoms with Gasteiger partial charge in [-0.3, -0.25) is 9.78 Å². The fourth-order valence-corrected chi connectivity index (χ4v) is 3.22. The van der Waals surface area contributed by atoms with Crippen molar-refractivity contribution in [2.75, 3.05) is 13.1 Å². The second-order valence-electron chi connectivity index (χ2n) is 6.59. The predicted molar refractivity (Wildman–Crippen MR) is 91.3 cm³/mol. The molecule has 0 unspecified atom stereocenters. The average Bonchev–Trinajstić information content (AvgIpc) is 2.86. The number of hydrogen-bond acceptors (Lipinski definition) is 2. The molecule has 0 N–H and O–H groups in total. The third-order valence-electron chi connectivity index (χ3n) is 4.59. The highest BCUT2D eigenvalue weighted by atomic mass is 19.1. The number of carbonyl (C=O) groups is 1. The summed E-state index contributed by atoms with van der Waals surface area (Å²) in [5, 5.41) is 0. The first-order valence-electron chi connectivity index (χ1n) is 8.24. The lowest BCUT2D eigenvalue weighted by molar-refractivity contribution is -0.138. The van der Waals surface area contributed by atoms with E-state index in [1.165, 1.54) is 17.0 Å². The summed E-state index contributed by atoms with van der Waals surface area (Å²) in [5.74, 6) is -1.50. The number of alkyl halides is 1. The highest BCUT2D eigenvalue weighted by Gasteiger charge is 2.30. The molecule has 1 aliphatic rings. The molecule has 3 heterocycles. The molecule has 0 radical (unpaired) electrons. The fourth-order valence-electron chi connectivity index (χ4n) is 3.22. The zero-order chi connectivity index (χ0) is 18.4. The molecule has 134 valence electrons. The monoisotopic (exact) mass is 359 g/mol. The third-order valence-corrected chi connectivity index (χ3v) is 4.59. The molecule has 0 spiro atoms. The van der Waals surface area contributed by atoms with Crippen molar-refractivity contribution in [1.82, 2.24) is 14.5 Å². The molecule has 1 amide bonds. The van der Waals surface area contributed by atoms with Crippen LogP contribution < -0.4 is 0 Å². The van der Waals surface area contributed by atoms with Crippen LogP contribution in [0.25, 0.3) is 22.2 Å². The number of carbonyl (C=O) groups excluding carboxylic acids is 1. The van der Waals surface area contributed by atoms with E-state index in [4.69, 9.17) is 0 Å². The standard InChI is InChI=1S/C19H16F3N3O/c1-11-7-24(10-18(26)25-8-16(22)9-25)17-4-13(6-23-19(11)17)12-2-14(20)5-15(21)3-12/h2-7,16H,8-10H2,1H3. The molecule has 1 saturated heterocycles. The summed E-state index contributed by atoms with van der Waals surface area (Å²) in [6.07, 6.45) is 2.41. The molecular weight excluding hydrogens is 343 g/mol. The number of aromatic nitrogens is 2. The Labute approximate surface area is 147 Å². The Morgan fingerprint density at radius 2 is 1.85 bits per heavy atom. The highest BCUT2D eigenvalue weighted by Crippen LogP contribution is 2.27. The molecule has 7 heteroatoms. The lowest BCUT2D eigenvalue weighted by atomic mass is 10.1. The molecule has 0 saturated carbocycles. The van der Waals surface area contributed by atoms with Gasteiger partial charge < -0.3 is 9.47 Å². The molecule has 0 bridgehead atoms. The SMILES string of the molecule is Cc1cn(CC(=O)N2CC(F)C2)c2cc(-c3cc(F)cc(F)c3)cnc12. The number of benzene rings is 1. The number of hydrogen-bond donors (Lipinski definition) is 0. The lowest BCUT2D eigenvalue weighted by Crippen LogP contribution is -2.52. The van der Waals surface area contributed by atoms with Gasteiger partial charge in [-0.15, -0.1) is 0 Å². The average molecular weight is 359 g/mol. The summed E-state index contributed by atoms with van der Waals surface area (Å²) in [5.41, 5.74) is 3.21. The van der Waals surface area contributed by atoms with Crippen LogP contribution in [0.2, 0.25) is 0 Å². The van der Waals surface area contributed by atoms with E-state index in [9.17, 15) is 18.0 Å². The zero-order valence-corrected chi connectivity index (χ0v) is 14.0. The van der Waals surface area contributed by atoms with Crippen LogP contribution in [-0.2, 0) is 11.3 Å². The van der Waals surface area contributed by atoms with Crippen molar-refractivity contribution in [3.63, 3.8) is 0 Å². The largest absolute Gasteiger partial charge is 0.336 e. The number of rotatable bonds is 3. The quantitative estimate of drug-likeness (QED) is 0.718. The van der Waals surface area contributed by atoms with E-state index >= 15 is 0 Å². The van der Waals surface area contributed by atoms with Crippen molar-refractivity contribution in [3.05, 3.63) is 53.9 Å².